The number of imidazole rings is 1. The summed E-state index contributed by atoms with van der Waals surface area (Å²) in [5.41, 5.74) is 0.421. The molecule has 7 nitrogen and oxygen atoms in total. The average Bonchev–Trinajstić information content (AvgIpc) is 2.98. The van der Waals surface area contributed by atoms with Crippen molar-refractivity contribution in [2.24, 2.45) is 0 Å². The lowest BCUT2D eigenvalue weighted by atomic mass is 10.1. The van der Waals surface area contributed by atoms with Gasteiger partial charge in [-0.05, 0) is 12.1 Å². The third-order valence-corrected chi connectivity index (χ3v) is 2.62. The number of nitrogens with one attached hydrogen (secondary N) is 1. The fourth-order valence-corrected chi connectivity index (χ4v) is 1.70. The van der Waals surface area contributed by atoms with Gasteiger partial charge in [-0.2, -0.15) is 0 Å². The zero-order valence-electron chi connectivity index (χ0n) is 10.5. The van der Waals surface area contributed by atoms with Crippen molar-refractivity contribution in [1.29, 1.82) is 0 Å². The number of hydrogen-bond acceptors (Lipinski definition) is 4. The number of carbonyl (C=O) groups excluding carboxylic acids is 1. The van der Waals surface area contributed by atoms with E-state index in [1.807, 2.05) is 0 Å². The van der Waals surface area contributed by atoms with Crippen molar-refractivity contribution in [3.05, 3.63) is 65.3 Å². The number of rotatable bonds is 5. The third kappa shape index (κ3) is 2.72. The summed E-state index contributed by atoms with van der Waals surface area (Å²) in [6.45, 7) is 3.79. The number of amides is 1. The Kier molecular flexibility index (Phi) is 3.90. The Morgan fingerprint density at radius 1 is 1.55 bits per heavy atom. The number of benzene rings is 1. The van der Waals surface area contributed by atoms with Gasteiger partial charge in [-0.25, -0.2) is 4.98 Å². The first-order chi connectivity index (χ1) is 9.63. The monoisotopic (exact) mass is 272 g/mol. The van der Waals surface area contributed by atoms with Crippen molar-refractivity contribution in [1.82, 2.24) is 14.9 Å². The number of aromatic nitrogens is 2. The molecule has 0 saturated carbocycles. The topological polar surface area (TPSA) is 90.1 Å². The zero-order chi connectivity index (χ0) is 14.5. The minimum atomic E-state index is -0.528. The summed E-state index contributed by atoms with van der Waals surface area (Å²) in [7, 11) is 0. The van der Waals surface area contributed by atoms with Gasteiger partial charge in [0.2, 0.25) is 0 Å². The van der Waals surface area contributed by atoms with E-state index < -0.39 is 4.92 Å². The van der Waals surface area contributed by atoms with Crippen molar-refractivity contribution in [3.63, 3.8) is 0 Å². The van der Waals surface area contributed by atoms with Crippen LogP contribution in [0.25, 0.3) is 5.69 Å². The molecule has 0 radical (unpaired) electrons. The van der Waals surface area contributed by atoms with E-state index in [9.17, 15) is 14.9 Å². The molecule has 1 N–H and O–H groups in total. The Morgan fingerprint density at radius 2 is 2.35 bits per heavy atom. The average molecular weight is 272 g/mol. The van der Waals surface area contributed by atoms with Crippen LogP contribution in [0.1, 0.15) is 10.4 Å². The van der Waals surface area contributed by atoms with E-state index in [0.29, 0.717) is 12.2 Å². The molecule has 0 aliphatic rings. The van der Waals surface area contributed by atoms with E-state index in [0.717, 1.165) is 0 Å². The van der Waals surface area contributed by atoms with Crippen LogP contribution in [0, 0.1) is 10.1 Å². The highest BCUT2D eigenvalue weighted by Crippen LogP contribution is 2.24. The largest absolute Gasteiger partial charge is 0.349 e. The Bertz CT molecular complexity index is 650. The standard InChI is InChI=1S/C13H12N4O3/c1-2-5-15-13(18)10-3-4-11(12(8-10)17(19)20)16-7-6-14-9-16/h2-4,6-9H,1,5H2,(H,15,18). The molecule has 7 heteroatoms. The minimum Gasteiger partial charge on any atom is -0.349 e. The second-order valence-corrected chi connectivity index (χ2v) is 3.93. The molecule has 1 heterocycles. The molecule has 2 rings (SSSR count). The van der Waals surface area contributed by atoms with Crippen LogP contribution in [0.5, 0.6) is 0 Å². The molecule has 0 spiro atoms. The lowest BCUT2D eigenvalue weighted by molar-refractivity contribution is -0.384. The molecule has 0 unspecified atom stereocenters. The highest BCUT2D eigenvalue weighted by Gasteiger charge is 2.18. The van der Waals surface area contributed by atoms with Crippen molar-refractivity contribution in [3.8, 4) is 5.69 Å². The van der Waals surface area contributed by atoms with Gasteiger partial charge in [0.15, 0.2) is 0 Å². The van der Waals surface area contributed by atoms with Crippen LogP contribution in [0.3, 0.4) is 0 Å². The van der Waals surface area contributed by atoms with Gasteiger partial charge in [0, 0.05) is 30.6 Å². The minimum absolute atomic E-state index is 0.158. The van der Waals surface area contributed by atoms with Gasteiger partial charge in [0.1, 0.15) is 5.69 Å². The second-order valence-electron chi connectivity index (χ2n) is 3.93. The zero-order valence-corrected chi connectivity index (χ0v) is 10.5. The molecule has 0 fully saturated rings. The van der Waals surface area contributed by atoms with Gasteiger partial charge >= 0.3 is 0 Å². The first-order valence-corrected chi connectivity index (χ1v) is 5.79. The molecule has 2 aromatic rings. The molecule has 1 amide bonds. The van der Waals surface area contributed by atoms with Crippen molar-refractivity contribution in [2.45, 2.75) is 0 Å². The van der Waals surface area contributed by atoms with E-state index in [2.05, 4.69) is 16.9 Å². The van der Waals surface area contributed by atoms with Gasteiger partial charge in [0.25, 0.3) is 11.6 Å². The molecule has 0 bridgehead atoms. The van der Waals surface area contributed by atoms with Gasteiger partial charge < -0.3 is 9.88 Å². The Labute approximate surface area is 114 Å². The number of nitrogens with zero attached hydrogens (tertiary/aromatic N) is 3. The maximum absolute atomic E-state index is 11.8. The van der Waals surface area contributed by atoms with Crippen LogP contribution in [0.4, 0.5) is 5.69 Å². The molecule has 0 saturated heterocycles. The summed E-state index contributed by atoms with van der Waals surface area (Å²) in [5.74, 6) is -0.384. The van der Waals surface area contributed by atoms with Crippen LogP contribution in [-0.4, -0.2) is 26.9 Å². The molecule has 0 aliphatic heterocycles. The normalized spacial score (nSPS) is 10.0. The Morgan fingerprint density at radius 3 is 2.95 bits per heavy atom. The number of nitro benzene ring substituents is 1. The maximum atomic E-state index is 11.8. The summed E-state index contributed by atoms with van der Waals surface area (Å²) < 4.78 is 1.52. The van der Waals surface area contributed by atoms with Gasteiger partial charge in [-0.15, -0.1) is 6.58 Å². The van der Waals surface area contributed by atoms with Gasteiger partial charge in [0.05, 0.1) is 11.3 Å². The SMILES string of the molecule is C=CCNC(=O)c1ccc(-n2ccnc2)c([N+](=O)[O-])c1. The molecule has 1 aromatic heterocycles. The number of hydrogen-bond donors (Lipinski definition) is 1. The van der Waals surface area contributed by atoms with E-state index in [4.69, 9.17) is 0 Å². The summed E-state index contributed by atoms with van der Waals surface area (Å²) in [4.78, 5) is 26.2. The predicted octanol–water partition coefficient (Wildman–Crippen LogP) is 1.70. The van der Waals surface area contributed by atoms with Crippen molar-refractivity contribution >= 4 is 11.6 Å². The second kappa shape index (κ2) is 5.79. The van der Waals surface area contributed by atoms with Crippen LogP contribution < -0.4 is 5.32 Å². The Balaban J connectivity index is 2.40. The van der Waals surface area contributed by atoms with Crippen LogP contribution in [0.15, 0.2) is 49.6 Å². The van der Waals surface area contributed by atoms with E-state index in [1.165, 1.54) is 41.4 Å². The quantitative estimate of drug-likeness (QED) is 0.509. The first kappa shape index (κ1) is 13.5. The molecule has 0 atom stereocenters. The number of carbonyl (C=O) groups is 1. The molecule has 20 heavy (non-hydrogen) atoms. The summed E-state index contributed by atoms with van der Waals surface area (Å²) in [6, 6.07) is 4.29. The fourth-order valence-electron chi connectivity index (χ4n) is 1.70. The summed E-state index contributed by atoms with van der Waals surface area (Å²) in [5, 5.41) is 13.7. The smallest absolute Gasteiger partial charge is 0.294 e. The van der Waals surface area contributed by atoms with Gasteiger partial charge in [-0.1, -0.05) is 6.08 Å². The lowest BCUT2D eigenvalue weighted by Gasteiger charge is -2.06. The lowest BCUT2D eigenvalue weighted by Crippen LogP contribution is -2.23. The first-order valence-electron chi connectivity index (χ1n) is 5.79. The van der Waals surface area contributed by atoms with Crippen LogP contribution in [-0.2, 0) is 0 Å². The van der Waals surface area contributed by atoms with E-state index in [1.54, 1.807) is 6.20 Å². The van der Waals surface area contributed by atoms with Crippen LogP contribution >= 0.6 is 0 Å². The number of nitro groups is 1. The molecular formula is C13H12N4O3. The molecular weight excluding hydrogens is 260 g/mol. The maximum Gasteiger partial charge on any atom is 0.294 e. The third-order valence-electron chi connectivity index (χ3n) is 2.62. The van der Waals surface area contributed by atoms with Crippen molar-refractivity contribution < 1.29 is 9.72 Å². The molecule has 1 aromatic carbocycles. The van der Waals surface area contributed by atoms with Gasteiger partial charge in [-0.3, -0.25) is 14.9 Å². The van der Waals surface area contributed by atoms with Crippen LogP contribution in [0.2, 0.25) is 0 Å². The Hall–Kier alpha value is -2.96. The van der Waals surface area contributed by atoms with E-state index in [-0.39, 0.29) is 17.2 Å². The summed E-state index contributed by atoms with van der Waals surface area (Å²) >= 11 is 0. The highest BCUT2D eigenvalue weighted by molar-refractivity contribution is 5.95. The summed E-state index contributed by atoms with van der Waals surface area (Å²) in [6.07, 6.45) is 6.11. The molecule has 0 aliphatic carbocycles. The fraction of sp³-hybridized carbons (Fsp3) is 0.0769. The van der Waals surface area contributed by atoms with Crippen molar-refractivity contribution in [2.75, 3.05) is 6.54 Å². The van der Waals surface area contributed by atoms with E-state index >= 15 is 0 Å². The molecule has 102 valence electrons. The predicted molar refractivity (Wildman–Crippen MR) is 72.7 cm³/mol. The highest BCUT2D eigenvalue weighted by atomic mass is 16.6.